The van der Waals surface area contributed by atoms with Gasteiger partial charge < -0.3 is 25.0 Å². The smallest absolute Gasteiger partial charge is 0.262 e. The fraction of sp³-hybridized carbons (Fsp3) is 0.667. The fourth-order valence-corrected chi connectivity index (χ4v) is 6.40. The third-order valence-corrected chi connectivity index (χ3v) is 8.11. The average molecular weight is 430 g/mol. The molecule has 2 heterocycles. The van der Waals surface area contributed by atoms with Gasteiger partial charge in [-0.3, -0.25) is 9.59 Å². The first-order valence-electron chi connectivity index (χ1n) is 11.4. The Morgan fingerprint density at radius 3 is 2.74 bits per heavy atom. The van der Waals surface area contributed by atoms with Gasteiger partial charge in [0.05, 0.1) is 17.8 Å². The van der Waals surface area contributed by atoms with Crippen LogP contribution in [-0.4, -0.2) is 44.4 Å². The molecule has 5 rings (SSSR count). The first-order valence-corrected chi connectivity index (χ1v) is 11.4. The number of aliphatic hydroxyl groups is 2. The lowest BCUT2D eigenvalue weighted by Gasteiger charge is -2.42. The van der Waals surface area contributed by atoms with Crippen molar-refractivity contribution in [3.8, 4) is 5.75 Å². The van der Waals surface area contributed by atoms with Crippen molar-refractivity contribution in [3.05, 3.63) is 39.8 Å². The summed E-state index contributed by atoms with van der Waals surface area (Å²) < 4.78 is 5.39. The third-order valence-electron chi connectivity index (χ3n) is 8.11. The molecule has 0 unspecified atom stereocenters. The van der Waals surface area contributed by atoms with Crippen molar-refractivity contribution < 1.29 is 24.9 Å². The second-order valence-corrected chi connectivity index (χ2v) is 10.3. The molecule has 0 aromatic carbocycles. The lowest BCUT2D eigenvalue weighted by Crippen LogP contribution is -2.42. The first kappa shape index (κ1) is 20.9. The Bertz CT molecular complexity index is 985. The minimum atomic E-state index is -1.57. The number of aromatic hydroxyl groups is 1. The highest BCUT2D eigenvalue weighted by molar-refractivity contribution is 6.00. The van der Waals surface area contributed by atoms with E-state index in [-0.39, 0.29) is 59.7 Å². The zero-order chi connectivity index (χ0) is 22.1. The monoisotopic (exact) mass is 429 g/mol. The average Bonchev–Trinajstić information content (AvgIpc) is 3.47. The van der Waals surface area contributed by atoms with Gasteiger partial charge in [0.2, 0.25) is 0 Å². The summed E-state index contributed by atoms with van der Waals surface area (Å²) in [6.07, 6.45) is 7.29. The van der Waals surface area contributed by atoms with Crippen molar-refractivity contribution in [1.82, 2.24) is 4.98 Å². The highest BCUT2D eigenvalue weighted by Gasteiger charge is 2.56. The Morgan fingerprint density at radius 1 is 1.23 bits per heavy atom. The van der Waals surface area contributed by atoms with Crippen LogP contribution in [0.3, 0.4) is 0 Å². The van der Waals surface area contributed by atoms with E-state index in [0.29, 0.717) is 11.8 Å². The molecule has 7 heteroatoms. The molecule has 4 N–H and O–H groups in total. The minimum absolute atomic E-state index is 0.0213. The number of H-pyrrole nitrogens is 1. The maximum Gasteiger partial charge on any atom is 0.262 e. The zero-order valence-electron chi connectivity index (χ0n) is 18.0. The molecule has 0 bridgehead atoms. The molecule has 7 nitrogen and oxygen atoms in total. The Balaban J connectivity index is 1.51. The molecule has 1 saturated heterocycles. The van der Waals surface area contributed by atoms with Crippen LogP contribution in [0.4, 0.5) is 0 Å². The van der Waals surface area contributed by atoms with Crippen LogP contribution in [0.15, 0.2) is 23.1 Å². The van der Waals surface area contributed by atoms with E-state index in [1.807, 2.05) is 6.92 Å². The van der Waals surface area contributed by atoms with E-state index in [4.69, 9.17) is 4.74 Å². The van der Waals surface area contributed by atoms with Gasteiger partial charge >= 0.3 is 0 Å². The Morgan fingerprint density at radius 2 is 2.00 bits per heavy atom. The number of aromatic amines is 1. The van der Waals surface area contributed by atoms with Crippen LogP contribution in [0.25, 0.3) is 0 Å². The standard InChI is InChI=1S/C24H31NO6/c1-11-3-6-14-13(7-11)5-4-12(2)18(14)21(28)19-20(27)15(10-25-23(19)29)24(30)8-16(26)22-17(9-24)31-22/h4-5,10-14,16-18,22,26,30H,3,6-9H2,1-2H3,(H2,25,27,29)/t11-,12-,13-,14-,16+,17-,18-,22+,24-/m0/s1. The van der Waals surface area contributed by atoms with Crippen LogP contribution in [0.2, 0.25) is 0 Å². The van der Waals surface area contributed by atoms with Crippen molar-refractivity contribution >= 4 is 5.78 Å². The lowest BCUT2D eigenvalue weighted by molar-refractivity contribution is -0.0391. The van der Waals surface area contributed by atoms with Gasteiger partial charge in [0.1, 0.15) is 17.4 Å². The number of aromatic nitrogens is 1. The highest BCUT2D eigenvalue weighted by atomic mass is 16.6. The molecular formula is C24H31NO6. The third kappa shape index (κ3) is 3.38. The number of Topliss-reactive ketones (excluding diaryl/α,β-unsaturated/α-hetero) is 1. The summed E-state index contributed by atoms with van der Waals surface area (Å²) in [5.41, 5.74) is -2.41. The van der Waals surface area contributed by atoms with Gasteiger partial charge in [0.25, 0.3) is 5.56 Å². The molecule has 168 valence electrons. The molecule has 3 fully saturated rings. The van der Waals surface area contributed by atoms with Crippen molar-refractivity contribution in [3.63, 3.8) is 0 Å². The number of aliphatic hydroxyl groups excluding tert-OH is 1. The molecule has 3 aliphatic carbocycles. The molecule has 31 heavy (non-hydrogen) atoms. The van der Waals surface area contributed by atoms with Gasteiger partial charge in [0.15, 0.2) is 5.78 Å². The fourth-order valence-electron chi connectivity index (χ4n) is 6.40. The highest BCUT2D eigenvalue weighted by Crippen LogP contribution is 2.50. The molecule has 9 atom stereocenters. The topological polar surface area (TPSA) is 123 Å². The molecule has 4 aliphatic rings. The molecule has 1 aromatic heterocycles. The number of fused-ring (bicyclic) bond motifs is 2. The number of carbonyl (C=O) groups excluding carboxylic acids is 1. The normalized spacial score (nSPS) is 43.7. The quantitative estimate of drug-likeness (QED) is 0.332. The number of epoxide rings is 1. The summed E-state index contributed by atoms with van der Waals surface area (Å²) in [5, 5.41) is 32.5. The van der Waals surface area contributed by atoms with Crippen LogP contribution in [0, 0.1) is 29.6 Å². The number of nitrogens with one attached hydrogen (secondary N) is 1. The lowest BCUT2D eigenvalue weighted by atomic mass is 9.61. The number of ketones is 1. The SMILES string of the molecule is C[C@H]1CC[C@@H]2[C@@H](C(=O)c3c(O)c([C@]4(O)C[C@@H](O)[C@H]5O[C@H]5C4)c[nH]c3=O)[C@@H](C)C=C[C@H]2C1. The Kier molecular flexibility index (Phi) is 4.92. The van der Waals surface area contributed by atoms with E-state index in [1.54, 1.807) is 0 Å². The summed E-state index contributed by atoms with van der Waals surface area (Å²) in [6, 6.07) is 0. The molecule has 1 aromatic rings. The van der Waals surface area contributed by atoms with Gasteiger partial charge in [0, 0.05) is 30.5 Å². The second-order valence-electron chi connectivity index (χ2n) is 10.3. The largest absolute Gasteiger partial charge is 0.507 e. The predicted octanol–water partition coefficient (Wildman–Crippen LogP) is 2.25. The van der Waals surface area contributed by atoms with Crippen molar-refractivity contribution in [2.45, 2.75) is 69.9 Å². The van der Waals surface area contributed by atoms with Gasteiger partial charge in [-0.1, -0.05) is 32.4 Å². The number of allylic oxidation sites excluding steroid dienone is 2. The van der Waals surface area contributed by atoms with E-state index in [2.05, 4.69) is 24.1 Å². The van der Waals surface area contributed by atoms with E-state index in [0.717, 1.165) is 19.3 Å². The van der Waals surface area contributed by atoms with Crippen LogP contribution in [0.5, 0.6) is 5.75 Å². The predicted molar refractivity (Wildman–Crippen MR) is 113 cm³/mol. The van der Waals surface area contributed by atoms with Crippen LogP contribution in [0.1, 0.15) is 61.9 Å². The summed E-state index contributed by atoms with van der Waals surface area (Å²) >= 11 is 0. The molecule has 2 saturated carbocycles. The summed E-state index contributed by atoms with van der Waals surface area (Å²) in [6.45, 7) is 4.21. The molecule has 0 radical (unpaired) electrons. The molecule has 0 amide bonds. The Hall–Kier alpha value is -1.96. The van der Waals surface area contributed by atoms with E-state index in [1.165, 1.54) is 6.20 Å². The molecular weight excluding hydrogens is 398 g/mol. The van der Waals surface area contributed by atoms with Gasteiger partial charge in [-0.2, -0.15) is 0 Å². The van der Waals surface area contributed by atoms with Gasteiger partial charge in [-0.15, -0.1) is 0 Å². The van der Waals surface area contributed by atoms with Crippen molar-refractivity contribution in [2.75, 3.05) is 0 Å². The number of hydrogen-bond donors (Lipinski definition) is 4. The number of hydrogen-bond acceptors (Lipinski definition) is 6. The number of ether oxygens (including phenoxy) is 1. The number of carbonyl (C=O) groups is 1. The maximum atomic E-state index is 13.7. The summed E-state index contributed by atoms with van der Waals surface area (Å²) in [4.78, 5) is 29.0. The van der Waals surface area contributed by atoms with E-state index < -0.39 is 23.0 Å². The minimum Gasteiger partial charge on any atom is -0.507 e. The van der Waals surface area contributed by atoms with Crippen molar-refractivity contribution in [1.29, 1.82) is 0 Å². The first-order chi connectivity index (χ1) is 14.7. The van der Waals surface area contributed by atoms with Crippen molar-refractivity contribution in [2.24, 2.45) is 29.6 Å². The molecule has 1 aliphatic heterocycles. The van der Waals surface area contributed by atoms with Crippen LogP contribution >= 0.6 is 0 Å². The number of rotatable bonds is 3. The van der Waals surface area contributed by atoms with Crippen LogP contribution in [-0.2, 0) is 10.3 Å². The van der Waals surface area contributed by atoms with Gasteiger partial charge in [-0.25, -0.2) is 0 Å². The zero-order valence-corrected chi connectivity index (χ0v) is 18.0. The number of pyridine rings is 1. The summed E-state index contributed by atoms with van der Waals surface area (Å²) in [5.74, 6) is -0.188. The van der Waals surface area contributed by atoms with Gasteiger partial charge in [-0.05, 0) is 36.5 Å². The molecule has 0 spiro atoms. The second kappa shape index (κ2) is 7.29. The van der Waals surface area contributed by atoms with Crippen LogP contribution < -0.4 is 5.56 Å². The maximum absolute atomic E-state index is 13.7. The van der Waals surface area contributed by atoms with E-state index in [9.17, 15) is 24.9 Å². The summed E-state index contributed by atoms with van der Waals surface area (Å²) in [7, 11) is 0. The Labute approximate surface area is 181 Å². The van der Waals surface area contributed by atoms with E-state index >= 15 is 0 Å².